The molecule has 2 unspecified atom stereocenters. The van der Waals surface area contributed by atoms with Gasteiger partial charge in [0.15, 0.2) is 0 Å². The minimum Gasteiger partial charge on any atom is -0.387 e. The van der Waals surface area contributed by atoms with E-state index < -0.39 is 0 Å². The Balaban J connectivity index is 1.84. The van der Waals surface area contributed by atoms with Crippen molar-refractivity contribution in [1.82, 2.24) is 5.32 Å². The van der Waals surface area contributed by atoms with Crippen molar-refractivity contribution in [3.63, 3.8) is 0 Å². The zero-order valence-corrected chi connectivity index (χ0v) is 10.2. The van der Waals surface area contributed by atoms with Gasteiger partial charge in [-0.05, 0) is 49.3 Å². The lowest BCUT2D eigenvalue weighted by Gasteiger charge is -2.30. The lowest BCUT2D eigenvalue weighted by molar-refractivity contribution is 0.135. The average molecular weight is 231 g/mol. The molecule has 92 valence electrons. The summed E-state index contributed by atoms with van der Waals surface area (Å²) < 4.78 is 0. The minimum absolute atomic E-state index is 0.260. The molecular weight excluding hydrogens is 210 g/mol. The lowest BCUT2D eigenvalue weighted by Crippen LogP contribution is -2.29. The summed E-state index contributed by atoms with van der Waals surface area (Å²) in [5.74, 6) is 0.697. The van der Waals surface area contributed by atoms with Crippen LogP contribution < -0.4 is 5.32 Å². The van der Waals surface area contributed by atoms with E-state index >= 15 is 0 Å². The van der Waals surface area contributed by atoms with Crippen molar-refractivity contribution >= 4 is 0 Å². The van der Waals surface area contributed by atoms with Crippen molar-refractivity contribution < 1.29 is 5.11 Å². The van der Waals surface area contributed by atoms with Crippen LogP contribution in [-0.2, 0) is 0 Å². The van der Waals surface area contributed by atoms with Crippen molar-refractivity contribution in [2.75, 3.05) is 6.54 Å². The van der Waals surface area contributed by atoms with Gasteiger partial charge in [-0.25, -0.2) is 0 Å². The Hall–Kier alpha value is -0.860. The maximum Gasteiger partial charge on any atom is 0.0945 e. The summed E-state index contributed by atoms with van der Waals surface area (Å²) in [6.07, 6.45) is 5.89. The Morgan fingerprint density at radius 2 is 1.94 bits per heavy atom. The molecule has 0 aromatic heterocycles. The zero-order valence-electron chi connectivity index (χ0n) is 10.2. The number of hydrogen-bond acceptors (Lipinski definition) is 2. The first kappa shape index (κ1) is 11.2. The molecule has 0 amide bonds. The summed E-state index contributed by atoms with van der Waals surface area (Å²) in [6, 6.07) is 8.73. The molecule has 2 N–H and O–H groups in total. The van der Waals surface area contributed by atoms with E-state index in [1.165, 1.54) is 31.2 Å². The molecule has 2 heteroatoms. The monoisotopic (exact) mass is 231 g/mol. The maximum atomic E-state index is 10.5. The van der Waals surface area contributed by atoms with Gasteiger partial charge in [-0.3, -0.25) is 0 Å². The summed E-state index contributed by atoms with van der Waals surface area (Å²) in [7, 11) is 0. The fraction of sp³-hybridized carbons (Fsp3) is 0.600. The molecule has 1 heterocycles. The summed E-state index contributed by atoms with van der Waals surface area (Å²) in [6.45, 7) is 1.05. The number of hydrogen-bond donors (Lipinski definition) is 2. The molecule has 0 spiro atoms. The van der Waals surface area contributed by atoms with Gasteiger partial charge in [0, 0.05) is 6.04 Å². The van der Waals surface area contributed by atoms with Crippen molar-refractivity contribution in [2.45, 2.75) is 50.2 Å². The van der Waals surface area contributed by atoms with Gasteiger partial charge in [0.05, 0.1) is 6.10 Å². The van der Waals surface area contributed by atoms with Gasteiger partial charge in [0.25, 0.3) is 0 Å². The Kier molecular flexibility index (Phi) is 3.17. The molecule has 1 aromatic carbocycles. The first-order valence-electron chi connectivity index (χ1n) is 6.86. The lowest BCUT2D eigenvalue weighted by atomic mass is 9.77. The van der Waals surface area contributed by atoms with Crippen LogP contribution in [0.3, 0.4) is 0 Å². The second-order valence-electron chi connectivity index (χ2n) is 5.40. The van der Waals surface area contributed by atoms with E-state index in [4.69, 9.17) is 0 Å². The van der Waals surface area contributed by atoms with Crippen LogP contribution >= 0.6 is 0 Å². The third-order valence-electron chi connectivity index (χ3n) is 4.34. The highest BCUT2D eigenvalue weighted by atomic mass is 16.3. The minimum atomic E-state index is -0.325. The van der Waals surface area contributed by atoms with E-state index in [2.05, 4.69) is 29.6 Å². The van der Waals surface area contributed by atoms with Gasteiger partial charge in [0.1, 0.15) is 0 Å². The Labute approximate surface area is 103 Å². The number of nitrogens with one attached hydrogen (secondary N) is 1. The Bertz CT molecular complexity index is 380. The van der Waals surface area contributed by atoms with Gasteiger partial charge in [0.2, 0.25) is 0 Å². The van der Waals surface area contributed by atoms with Crippen molar-refractivity contribution in [3.8, 4) is 0 Å². The van der Waals surface area contributed by atoms with E-state index in [-0.39, 0.29) is 12.1 Å². The van der Waals surface area contributed by atoms with E-state index in [9.17, 15) is 5.11 Å². The van der Waals surface area contributed by atoms with Crippen molar-refractivity contribution in [2.24, 2.45) is 0 Å². The molecule has 1 saturated heterocycles. The normalized spacial score (nSPS) is 26.8. The number of rotatable bonds is 3. The van der Waals surface area contributed by atoms with E-state index in [0.29, 0.717) is 5.92 Å². The van der Waals surface area contributed by atoms with Gasteiger partial charge in [-0.15, -0.1) is 0 Å². The number of aliphatic hydroxyl groups excluding tert-OH is 1. The van der Waals surface area contributed by atoms with Crippen LogP contribution in [0.1, 0.15) is 55.3 Å². The largest absolute Gasteiger partial charge is 0.387 e. The SMILES string of the molecule is OC(c1ccccc1C1CCC1)C1CCCN1. The highest BCUT2D eigenvalue weighted by Crippen LogP contribution is 2.40. The summed E-state index contributed by atoms with van der Waals surface area (Å²) >= 11 is 0. The molecule has 0 radical (unpaired) electrons. The topological polar surface area (TPSA) is 32.3 Å². The van der Waals surface area contributed by atoms with E-state index in [1.807, 2.05) is 0 Å². The molecular formula is C15H21NO. The van der Waals surface area contributed by atoms with Crippen LogP contribution in [0.5, 0.6) is 0 Å². The van der Waals surface area contributed by atoms with Gasteiger partial charge in [-0.1, -0.05) is 30.7 Å². The summed E-state index contributed by atoms with van der Waals surface area (Å²) in [5.41, 5.74) is 2.55. The van der Waals surface area contributed by atoms with Crippen LogP contribution in [0.4, 0.5) is 0 Å². The number of benzene rings is 1. The molecule has 1 saturated carbocycles. The molecule has 2 aliphatic rings. The number of aliphatic hydroxyl groups is 1. The second-order valence-corrected chi connectivity index (χ2v) is 5.40. The average Bonchev–Trinajstić information content (AvgIpc) is 2.80. The molecule has 2 fully saturated rings. The fourth-order valence-corrected chi connectivity index (χ4v) is 3.07. The van der Waals surface area contributed by atoms with Gasteiger partial charge in [-0.2, -0.15) is 0 Å². The van der Waals surface area contributed by atoms with E-state index in [0.717, 1.165) is 18.5 Å². The van der Waals surface area contributed by atoms with Crippen LogP contribution in [0.25, 0.3) is 0 Å². The first-order valence-corrected chi connectivity index (χ1v) is 6.86. The second kappa shape index (κ2) is 4.79. The van der Waals surface area contributed by atoms with Crippen LogP contribution in [0.15, 0.2) is 24.3 Å². The molecule has 2 nitrogen and oxygen atoms in total. The first-order chi connectivity index (χ1) is 8.36. The molecule has 17 heavy (non-hydrogen) atoms. The fourth-order valence-electron chi connectivity index (χ4n) is 3.07. The Morgan fingerprint density at radius 3 is 2.59 bits per heavy atom. The van der Waals surface area contributed by atoms with Crippen LogP contribution in [0, 0.1) is 0 Å². The smallest absolute Gasteiger partial charge is 0.0945 e. The molecule has 2 atom stereocenters. The van der Waals surface area contributed by atoms with Crippen LogP contribution in [-0.4, -0.2) is 17.7 Å². The standard InChI is InChI=1S/C15H21NO/c17-15(14-9-4-10-16-14)13-8-2-1-7-12(13)11-5-3-6-11/h1-2,7-8,11,14-17H,3-6,9-10H2. The highest BCUT2D eigenvalue weighted by molar-refractivity contribution is 5.34. The summed E-state index contributed by atoms with van der Waals surface area (Å²) in [4.78, 5) is 0. The molecule has 0 bridgehead atoms. The van der Waals surface area contributed by atoms with Crippen molar-refractivity contribution in [3.05, 3.63) is 35.4 Å². The Morgan fingerprint density at radius 1 is 1.12 bits per heavy atom. The van der Waals surface area contributed by atoms with Crippen LogP contribution in [0.2, 0.25) is 0 Å². The highest BCUT2D eigenvalue weighted by Gasteiger charge is 2.29. The third kappa shape index (κ3) is 2.12. The maximum absolute atomic E-state index is 10.5. The zero-order chi connectivity index (χ0) is 11.7. The quantitative estimate of drug-likeness (QED) is 0.838. The third-order valence-corrected chi connectivity index (χ3v) is 4.34. The summed E-state index contributed by atoms with van der Waals surface area (Å²) in [5, 5.41) is 13.9. The molecule has 1 aliphatic heterocycles. The van der Waals surface area contributed by atoms with E-state index in [1.54, 1.807) is 0 Å². The molecule has 1 aliphatic carbocycles. The van der Waals surface area contributed by atoms with Gasteiger partial charge >= 0.3 is 0 Å². The predicted molar refractivity (Wildman–Crippen MR) is 69.0 cm³/mol. The van der Waals surface area contributed by atoms with Gasteiger partial charge < -0.3 is 10.4 Å². The predicted octanol–water partition coefficient (Wildman–Crippen LogP) is 2.74. The van der Waals surface area contributed by atoms with Crippen molar-refractivity contribution in [1.29, 1.82) is 0 Å². The molecule has 3 rings (SSSR count). The molecule has 1 aromatic rings.